The number of fused-ring (bicyclic) bond motifs is 3. The number of H-pyrrole nitrogens is 1. The lowest BCUT2D eigenvalue weighted by molar-refractivity contribution is 0.393. The standard InChI is InChI=1S/C24H22ClN5O2/c1-12-21(13(2)32-30-12)18-9-19-17(10-20(18)31-4)22-23(27-14(3)28-24(22)29-19)26-11-15-5-7-16(25)8-6-15/h5-10H,11H2,1-4H3,(H2,26,27,28,29). The molecular formula is C24H22ClN5O2. The highest BCUT2D eigenvalue weighted by atomic mass is 35.5. The molecule has 0 unspecified atom stereocenters. The molecule has 0 aliphatic rings. The number of aryl methyl sites for hydroxylation is 3. The number of nitrogens with zero attached hydrogens (tertiary/aromatic N) is 3. The van der Waals surface area contributed by atoms with Crippen LogP contribution in [-0.4, -0.2) is 27.2 Å². The predicted molar refractivity (Wildman–Crippen MR) is 126 cm³/mol. The van der Waals surface area contributed by atoms with Gasteiger partial charge in [-0.1, -0.05) is 28.9 Å². The average Bonchev–Trinajstić information content (AvgIpc) is 3.30. The van der Waals surface area contributed by atoms with Crippen molar-refractivity contribution in [2.24, 2.45) is 0 Å². The Morgan fingerprint density at radius 3 is 2.56 bits per heavy atom. The molecule has 8 heteroatoms. The topological polar surface area (TPSA) is 88.9 Å². The number of benzene rings is 2. The molecule has 2 aromatic carbocycles. The number of ether oxygens (including phenoxy) is 1. The number of hydrogen-bond acceptors (Lipinski definition) is 6. The van der Waals surface area contributed by atoms with Crippen LogP contribution < -0.4 is 10.1 Å². The van der Waals surface area contributed by atoms with Crippen LogP contribution >= 0.6 is 11.6 Å². The second-order valence-electron chi connectivity index (χ2n) is 7.75. The van der Waals surface area contributed by atoms with Crippen molar-refractivity contribution in [3.8, 4) is 16.9 Å². The highest BCUT2D eigenvalue weighted by Gasteiger charge is 2.20. The van der Waals surface area contributed by atoms with Crippen molar-refractivity contribution in [1.29, 1.82) is 0 Å². The Bertz CT molecular complexity index is 1430. The first-order chi connectivity index (χ1) is 15.4. The van der Waals surface area contributed by atoms with E-state index in [1.165, 1.54) is 0 Å². The molecule has 5 rings (SSSR count). The van der Waals surface area contributed by atoms with E-state index < -0.39 is 0 Å². The predicted octanol–water partition coefficient (Wildman–Crippen LogP) is 5.97. The van der Waals surface area contributed by atoms with Crippen molar-refractivity contribution in [3.05, 3.63) is 64.3 Å². The number of nitrogens with one attached hydrogen (secondary N) is 2. The van der Waals surface area contributed by atoms with Crippen LogP contribution in [0.1, 0.15) is 22.8 Å². The molecule has 0 amide bonds. The van der Waals surface area contributed by atoms with Crippen molar-refractivity contribution in [2.45, 2.75) is 27.3 Å². The molecule has 0 bridgehead atoms. The molecule has 0 aliphatic heterocycles. The number of aromatic amines is 1. The number of methoxy groups -OCH3 is 1. The molecule has 0 fully saturated rings. The summed E-state index contributed by atoms with van der Waals surface area (Å²) in [6.45, 7) is 6.32. The molecule has 3 heterocycles. The van der Waals surface area contributed by atoms with Crippen LogP contribution in [0.25, 0.3) is 33.1 Å². The Kier molecular flexibility index (Phi) is 4.98. The second-order valence-corrected chi connectivity index (χ2v) is 8.18. The van der Waals surface area contributed by atoms with E-state index in [9.17, 15) is 0 Å². The summed E-state index contributed by atoms with van der Waals surface area (Å²) in [4.78, 5) is 12.7. The summed E-state index contributed by atoms with van der Waals surface area (Å²) in [5, 5.41) is 10.2. The quantitative estimate of drug-likeness (QED) is 0.345. The third kappa shape index (κ3) is 3.44. The Balaban J connectivity index is 1.66. The van der Waals surface area contributed by atoms with Crippen LogP contribution in [0, 0.1) is 20.8 Å². The van der Waals surface area contributed by atoms with E-state index in [0.717, 1.165) is 61.6 Å². The fourth-order valence-electron chi connectivity index (χ4n) is 4.08. The zero-order chi connectivity index (χ0) is 22.4. The number of halogens is 1. The summed E-state index contributed by atoms with van der Waals surface area (Å²) >= 11 is 6.01. The second kappa shape index (κ2) is 7.84. The van der Waals surface area contributed by atoms with Crippen LogP contribution in [0.3, 0.4) is 0 Å². The molecule has 0 saturated heterocycles. The van der Waals surface area contributed by atoms with Crippen molar-refractivity contribution in [3.63, 3.8) is 0 Å². The maximum atomic E-state index is 6.01. The summed E-state index contributed by atoms with van der Waals surface area (Å²) in [5.41, 5.74) is 5.48. The number of hydrogen-bond donors (Lipinski definition) is 2. The summed E-state index contributed by atoms with van der Waals surface area (Å²) in [6.07, 6.45) is 0. The Morgan fingerprint density at radius 1 is 1.09 bits per heavy atom. The summed E-state index contributed by atoms with van der Waals surface area (Å²) < 4.78 is 11.1. The zero-order valence-electron chi connectivity index (χ0n) is 18.2. The van der Waals surface area contributed by atoms with Gasteiger partial charge in [-0.05, 0) is 50.6 Å². The minimum atomic E-state index is 0.615. The first-order valence-corrected chi connectivity index (χ1v) is 10.6. The van der Waals surface area contributed by atoms with Crippen LogP contribution in [0.15, 0.2) is 40.9 Å². The Hall–Kier alpha value is -3.58. The van der Waals surface area contributed by atoms with Crippen LogP contribution in [-0.2, 0) is 6.54 Å². The minimum Gasteiger partial charge on any atom is -0.496 e. The van der Waals surface area contributed by atoms with Crippen LogP contribution in [0.5, 0.6) is 5.75 Å². The molecule has 7 nitrogen and oxygen atoms in total. The molecule has 0 atom stereocenters. The molecule has 162 valence electrons. The lowest BCUT2D eigenvalue weighted by Crippen LogP contribution is -2.03. The van der Waals surface area contributed by atoms with Gasteiger partial charge in [-0.3, -0.25) is 0 Å². The van der Waals surface area contributed by atoms with Gasteiger partial charge < -0.3 is 19.6 Å². The lowest BCUT2D eigenvalue weighted by atomic mass is 10.0. The highest BCUT2D eigenvalue weighted by Crippen LogP contribution is 2.40. The van der Waals surface area contributed by atoms with Gasteiger partial charge in [-0.25, -0.2) is 9.97 Å². The van der Waals surface area contributed by atoms with Crippen molar-refractivity contribution in [1.82, 2.24) is 20.1 Å². The highest BCUT2D eigenvalue weighted by molar-refractivity contribution is 6.30. The lowest BCUT2D eigenvalue weighted by Gasteiger charge is -2.10. The molecule has 0 saturated carbocycles. The van der Waals surface area contributed by atoms with E-state index in [-0.39, 0.29) is 0 Å². The molecular weight excluding hydrogens is 426 g/mol. The van der Waals surface area contributed by atoms with Crippen LogP contribution in [0.2, 0.25) is 5.02 Å². The van der Waals surface area contributed by atoms with E-state index in [0.29, 0.717) is 17.4 Å². The SMILES string of the molecule is COc1cc2c(cc1-c1c(C)noc1C)[nH]c1nc(C)nc(NCc3ccc(Cl)cc3)c12. The van der Waals surface area contributed by atoms with Crippen molar-refractivity contribution >= 4 is 39.4 Å². The molecule has 5 aromatic rings. The summed E-state index contributed by atoms with van der Waals surface area (Å²) in [7, 11) is 1.66. The fourth-order valence-corrected chi connectivity index (χ4v) is 4.21. The molecule has 2 N–H and O–H groups in total. The third-order valence-electron chi connectivity index (χ3n) is 5.56. The monoisotopic (exact) mass is 447 g/mol. The van der Waals surface area contributed by atoms with Gasteiger partial charge in [-0.15, -0.1) is 0 Å². The summed E-state index contributed by atoms with van der Waals surface area (Å²) in [5.74, 6) is 2.93. The van der Waals surface area contributed by atoms with Crippen molar-refractivity contribution < 1.29 is 9.26 Å². The van der Waals surface area contributed by atoms with Gasteiger partial charge in [0, 0.05) is 28.0 Å². The molecule has 3 aromatic heterocycles. The first-order valence-electron chi connectivity index (χ1n) is 10.2. The molecule has 0 radical (unpaired) electrons. The van der Waals surface area contributed by atoms with E-state index in [1.807, 2.05) is 51.1 Å². The fraction of sp³-hybridized carbons (Fsp3) is 0.208. The maximum absolute atomic E-state index is 6.01. The molecule has 0 spiro atoms. The van der Waals surface area contributed by atoms with Gasteiger partial charge in [0.05, 0.1) is 23.8 Å². The van der Waals surface area contributed by atoms with E-state index >= 15 is 0 Å². The number of rotatable bonds is 5. The van der Waals surface area contributed by atoms with E-state index in [1.54, 1.807) is 7.11 Å². The Morgan fingerprint density at radius 2 is 1.88 bits per heavy atom. The number of anilines is 1. The zero-order valence-corrected chi connectivity index (χ0v) is 19.0. The smallest absolute Gasteiger partial charge is 0.144 e. The average molecular weight is 448 g/mol. The third-order valence-corrected chi connectivity index (χ3v) is 5.81. The van der Waals surface area contributed by atoms with Crippen molar-refractivity contribution in [2.75, 3.05) is 12.4 Å². The van der Waals surface area contributed by atoms with Gasteiger partial charge in [-0.2, -0.15) is 0 Å². The van der Waals surface area contributed by atoms with Gasteiger partial charge >= 0.3 is 0 Å². The largest absolute Gasteiger partial charge is 0.496 e. The minimum absolute atomic E-state index is 0.615. The molecule has 0 aliphatic carbocycles. The van der Waals surface area contributed by atoms with E-state index in [2.05, 4.69) is 31.5 Å². The maximum Gasteiger partial charge on any atom is 0.144 e. The van der Waals surface area contributed by atoms with Gasteiger partial charge in [0.15, 0.2) is 0 Å². The number of aromatic nitrogens is 4. The molecule has 32 heavy (non-hydrogen) atoms. The van der Waals surface area contributed by atoms with Gasteiger partial charge in [0.2, 0.25) is 0 Å². The van der Waals surface area contributed by atoms with Crippen LogP contribution in [0.4, 0.5) is 5.82 Å². The van der Waals surface area contributed by atoms with Gasteiger partial charge in [0.1, 0.15) is 28.8 Å². The van der Waals surface area contributed by atoms with Gasteiger partial charge in [0.25, 0.3) is 0 Å². The Labute approximate surface area is 189 Å². The van der Waals surface area contributed by atoms with E-state index in [4.69, 9.17) is 20.9 Å². The normalized spacial score (nSPS) is 11.4. The first kappa shape index (κ1) is 20.3. The summed E-state index contributed by atoms with van der Waals surface area (Å²) in [6, 6.07) is 11.8.